The largest absolute Gasteiger partial charge is 0.494 e. The lowest BCUT2D eigenvalue weighted by atomic mass is 10.1. The monoisotopic (exact) mass is 448 g/mol. The molecule has 1 N–H and O–H groups in total. The summed E-state index contributed by atoms with van der Waals surface area (Å²) in [7, 11) is 4.92. The number of rotatable bonds is 6. The first-order valence-corrected chi connectivity index (χ1v) is 11.1. The molecule has 0 bridgehead atoms. The van der Waals surface area contributed by atoms with Crippen LogP contribution in [0.3, 0.4) is 0 Å². The zero-order valence-corrected chi connectivity index (χ0v) is 19.3. The third-order valence-electron chi connectivity index (χ3n) is 6.50. The summed E-state index contributed by atoms with van der Waals surface area (Å²) in [6.45, 7) is 4.07. The first-order chi connectivity index (χ1) is 16.0. The molecule has 0 amide bonds. The van der Waals surface area contributed by atoms with Gasteiger partial charge in [0.15, 0.2) is 5.82 Å². The third kappa shape index (κ3) is 3.24. The second-order valence-electron chi connectivity index (χ2n) is 8.52. The van der Waals surface area contributed by atoms with E-state index in [2.05, 4.69) is 40.7 Å². The van der Waals surface area contributed by atoms with Crippen molar-refractivity contribution in [2.45, 2.75) is 19.4 Å². The number of para-hydroxylation sites is 1. The van der Waals surface area contributed by atoms with Crippen LogP contribution in [0.25, 0.3) is 33.5 Å². The van der Waals surface area contributed by atoms with Gasteiger partial charge in [-0.3, -0.25) is 0 Å². The number of imidazole rings is 1. The van der Waals surface area contributed by atoms with Gasteiger partial charge in [-0.25, -0.2) is 9.78 Å². The lowest BCUT2D eigenvalue weighted by Gasteiger charge is -2.35. The van der Waals surface area contributed by atoms with E-state index in [0.717, 1.165) is 41.9 Å². The van der Waals surface area contributed by atoms with E-state index in [1.54, 1.807) is 19.2 Å². The number of hydrogen-bond acceptors (Lipinski definition) is 6. The minimum Gasteiger partial charge on any atom is -0.494 e. The van der Waals surface area contributed by atoms with E-state index in [1.807, 2.05) is 11.6 Å². The van der Waals surface area contributed by atoms with Crippen molar-refractivity contribution in [2.24, 2.45) is 7.05 Å². The molecule has 0 spiro atoms. The molecule has 4 aromatic rings. The number of benzene rings is 2. The molecule has 0 saturated carbocycles. The molecule has 8 heteroatoms. The number of methoxy groups -OCH3 is 2. The van der Waals surface area contributed by atoms with Gasteiger partial charge in [0.2, 0.25) is 0 Å². The fourth-order valence-electron chi connectivity index (χ4n) is 5.05. The highest BCUT2D eigenvalue weighted by Crippen LogP contribution is 2.41. The Bertz CT molecular complexity index is 1370. The fourth-order valence-corrected chi connectivity index (χ4v) is 5.05. The number of aryl methyl sites for hydroxylation is 1. The van der Waals surface area contributed by atoms with Crippen LogP contribution in [-0.2, 0) is 11.8 Å². The summed E-state index contributed by atoms with van der Waals surface area (Å²) in [5, 5.41) is 10.5. The first kappa shape index (κ1) is 21.3. The lowest BCUT2D eigenvalue weighted by molar-refractivity contribution is 0.0600. The number of aliphatic hydroxyl groups excluding tert-OH is 1. The molecule has 0 saturated heterocycles. The van der Waals surface area contributed by atoms with Crippen LogP contribution in [0.15, 0.2) is 36.4 Å². The number of fused-ring (bicyclic) bond motifs is 1. The second kappa shape index (κ2) is 8.12. The number of hydrogen-bond donors (Lipinski definition) is 1. The zero-order valence-electron chi connectivity index (χ0n) is 19.3. The van der Waals surface area contributed by atoms with Gasteiger partial charge in [-0.2, -0.15) is 0 Å². The average Bonchev–Trinajstić information content (AvgIpc) is 3.38. The molecule has 2 aromatic heterocycles. The van der Waals surface area contributed by atoms with Crippen molar-refractivity contribution in [1.82, 2.24) is 14.1 Å². The number of ether oxygens (including phenoxy) is 2. The van der Waals surface area contributed by atoms with Crippen molar-refractivity contribution in [3.63, 3.8) is 0 Å². The Morgan fingerprint density at radius 3 is 2.76 bits per heavy atom. The van der Waals surface area contributed by atoms with Crippen molar-refractivity contribution in [1.29, 1.82) is 0 Å². The van der Waals surface area contributed by atoms with Gasteiger partial charge >= 0.3 is 5.97 Å². The molecule has 172 valence electrons. The Morgan fingerprint density at radius 2 is 2.03 bits per heavy atom. The summed E-state index contributed by atoms with van der Waals surface area (Å²) < 4.78 is 14.9. The SMILES string of the molecule is COC(=O)c1cc(OC)c2c(c1)nc(-c1cc3cccc4c3n1C(C)CN4CCCO)n2C. The summed E-state index contributed by atoms with van der Waals surface area (Å²) in [5.41, 5.74) is 5.29. The Kier molecular flexibility index (Phi) is 5.25. The standard InChI is InChI=1S/C25H28N4O4/c1-15-14-28(9-6-10-30)19-8-5-7-16-12-20(29(15)22(16)19)24-26-18-11-17(25(31)33-4)13-21(32-3)23(18)27(24)2/h5,7-8,11-13,15,30H,6,9-10,14H2,1-4H3. The number of aromatic nitrogens is 3. The minimum absolute atomic E-state index is 0.183. The van der Waals surface area contributed by atoms with Crippen LogP contribution in [0.4, 0.5) is 5.69 Å². The number of nitrogens with zero attached hydrogens (tertiary/aromatic N) is 4. The Hall–Kier alpha value is -3.52. The molecule has 1 unspecified atom stereocenters. The number of carbonyl (C=O) groups is 1. The zero-order chi connectivity index (χ0) is 23.3. The van der Waals surface area contributed by atoms with Gasteiger partial charge in [0.1, 0.15) is 11.3 Å². The van der Waals surface area contributed by atoms with Crippen molar-refractivity contribution in [2.75, 3.05) is 38.8 Å². The summed E-state index contributed by atoms with van der Waals surface area (Å²) in [6, 6.07) is 12.2. The summed E-state index contributed by atoms with van der Waals surface area (Å²) in [4.78, 5) is 19.5. The van der Waals surface area contributed by atoms with E-state index < -0.39 is 5.97 Å². The van der Waals surface area contributed by atoms with Gasteiger partial charge in [-0.15, -0.1) is 0 Å². The number of aliphatic hydroxyl groups is 1. The third-order valence-corrected chi connectivity index (χ3v) is 6.50. The van der Waals surface area contributed by atoms with E-state index in [1.165, 1.54) is 18.3 Å². The predicted octanol–water partition coefficient (Wildman–Crippen LogP) is 3.75. The lowest BCUT2D eigenvalue weighted by Crippen LogP contribution is -2.35. The smallest absolute Gasteiger partial charge is 0.338 e. The summed E-state index contributed by atoms with van der Waals surface area (Å²) >= 11 is 0. The van der Waals surface area contributed by atoms with Crippen LogP contribution in [-0.4, -0.2) is 59.1 Å². The van der Waals surface area contributed by atoms with E-state index >= 15 is 0 Å². The van der Waals surface area contributed by atoms with Crippen molar-refractivity contribution in [3.05, 3.63) is 42.0 Å². The van der Waals surface area contributed by atoms with Gasteiger partial charge in [-0.05, 0) is 37.6 Å². The highest BCUT2D eigenvalue weighted by molar-refractivity contribution is 5.99. The quantitative estimate of drug-likeness (QED) is 0.453. The molecule has 33 heavy (non-hydrogen) atoms. The Labute approximate surface area is 191 Å². The maximum Gasteiger partial charge on any atom is 0.338 e. The Morgan fingerprint density at radius 1 is 1.21 bits per heavy atom. The van der Waals surface area contributed by atoms with Gasteiger partial charge in [0.05, 0.1) is 42.2 Å². The van der Waals surface area contributed by atoms with E-state index in [4.69, 9.17) is 14.5 Å². The Balaban J connectivity index is 1.73. The molecule has 0 fully saturated rings. The van der Waals surface area contributed by atoms with Gasteiger partial charge in [-0.1, -0.05) is 12.1 Å². The van der Waals surface area contributed by atoms with Crippen molar-refractivity contribution < 1.29 is 19.4 Å². The van der Waals surface area contributed by atoms with Crippen LogP contribution in [0.2, 0.25) is 0 Å². The van der Waals surface area contributed by atoms with Crippen molar-refractivity contribution in [3.8, 4) is 17.3 Å². The number of anilines is 1. The van der Waals surface area contributed by atoms with E-state index in [9.17, 15) is 9.90 Å². The van der Waals surface area contributed by atoms with Crippen LogP contribution in [0.5, 0.6) is 5.75 Å². The highest BCUT2D eigenvalue weighted by Gasteiger charge is 2.28. The second-order valence-corrected chi connectivity index (χ2v) is 8.52. The van der Waals surface area contributed by atoms with Crippen LogP contribution in [0, 0.1) is 0 Å². The normalized spacial score (nSPS) is 15.4. The molecule has 8 nitrogen and oxygen atoms in total. The van der Waals surface area contributed by atoms with E-state index in [0.29, 0.717) is 16.8 Å². The molecular formula is C25H28N4O4. The molecular weight excluding hydrogens is 420 g/mol. The van der Waals surface area contributed by atoms with Crippen LogP contribution < -0.4 is 9.64 Å². The first-order valence-electron chi connectivity index (χ1n) is 11.1. The van der Waals surface area contributed by atoms with E-state index in [-0.39, 0.29) is 12.6 Å². The van der Waals surface area contributed by atoms with Crippen molar-refractivity contribution >= 4 is 33.6 Å². The van der Waals surface area contributed by atoms with Crippen LogP contribution >= 0.6 is 0 Å². The molecule has 0 aliphatic carbocycles. The molecule has 5 rings (SSSR count). The number of carbonyl (C=O) groups excluding carboxylic acids is 1. The fraction of sp³-hybridized carbons (Fsp3) is 0.360. The summed E-state index contributed by atoms with van der Waals surface area (Å²) in [6.07, 6.45) is 0.740. The summed E-state index contributed by atoms with van der Waals surface area (Å²) in [5.74, 6) is 0.961. The molecule has 2 aromatic carbocycles. The maximum atomic E-state index is 12.2. The molecule has 1 atom stereocenters. The maximum absolute atomic E-state index is 12.2. The van der Waals surface area contributed by atoms with Gasteiger partial charge in [0, 0.05) is 38.2 Å². The molecule has 1 aliphatic heterocycles. The van der Waals surface area contributed by atoms with Gasteiger partial charge < -0.3 is 28.6 Å². The molecule has 0 radical (unpaired) electrons. The molecule has 1 aliphatic rings. The number of esters is 1. The highest BCUT2D eigenvalue weighted by atomic mass is 16.5. The molecule has 3 heterocycles. The minimum atomic E-state index is -0.424. The van der Waals surface area contributed by atoms with Gasteiger partial charge in [0.25, 0.3) is 0 Å². The topological polar surface area (TPSA) is 81.8 Å². The van der Waals surface area contributed by atoms with Crippen LogP contribution in [0.1, 0.15) is 29.7 Å². The predicted molar refractivity (Wildman–Crippen MR) is 128 cm³/mol. The average molecular weight is 449 g/mol.